The summed E-state index contributed by atoms with van der Waals surface area (Å²) in [6, 6.07) is 4.27. The third-order valence-electron chi connectivity index (χ3n) is 3.69. The molecule has 1 unspecified atom stereocenters. The Bertz CT molecular complexity index is 512. The minimum absolute atomic E-state index is 0. The molecule has 26 heavy (non-hydrogen) atoms. The predicted octanol–water partition coefficient (Wildman–Crippen LogP) is 3.60. The van der Waals surface area contributed by atoms with Gasteiger partial charge in [-0.2, -0.15) is 0 Å². The number of aliphatic imine (C=N–C) groups is 1. The van der Waals surface area contributed by atoms with Crippen LogP contribution >= 0.6 is 24.0 Å². The van der Waals surface area contributed by atoms with Crippen molar-refractivity contribution < 1.29 is 9.47 Å². The van der Waals surface area contributed by atoms with E-state index in [1.807, 2.05) is 12.1 Å². The molecule has 0 amide bonds. The number of pyridine rings is 1. The summed E-state index contributed by atoms with van der Waals surface area (Å²) in [4.78, 5) is 8.98. The van der Waals surface area contributed by atoms with Crippen LogP contribution in [0, 0.1) is 5.92 Å². The number of hydrogen-bond donors (Lipinski definition) is 2. The maximum atomic E-state index is 5.67. The van der Waals surface area contributed by atoms with Gasteiger partial charge in [0.25, 0.3) is 0 Å². The Morgan fingerprint density at radius 3 is 2.65 bits per heavy atom. The van der Waals surface area contributed by atoms with E-state index in [1.54, 1.807) is 13.3 Å². The van der Waals surface area contributed by atoms with E-state index in [-0.39, 0.29) is 24.0 Å². The molecule has 0 saturated carbocycles. The number of nitrogens with zero attached hydrogens (tertiary/aromatic N) is 2. The van der Waals surface area contributed by atoms with Gasteiger partial charge in [0.05, 0.1) is 13.2 Å². The van der Waals surface area contributed by atoms with Crippen LogP contribution in [0.5, 0.6) is 5.88 Å². The zero-order valence-electron chi connectivity index (χ0n) is 16.7. The van der Waals surface area contributed by atoms with Gasteiger partial charge in [-0.1, -0.05) is 19.9 Å². The van der Waals surface area contributed by atoms with Gasteiger partial charge in [-0.25, -0.2) is 9.98 Å². The molecule has 0 spiro atoms. The Morgan fingerprint density at radius 2 is 2.00 bits per heavy atom. The van der Waals surface area contributed by atoms with Gasteiger partial charge in [0.1, 0.15) is 6.61 Å². The lowest BCUT2D eigenvalue weighted by molar-refractivity contribution is 0.143. The topological polar surface area (TPSA) is 67.8 Å². The fraction of sp³-hybridized carbons (Fsp3) is 0.684. The standard InChI is InChI=1S/C19H34N4O2.HI/c1-6-20-19(23-16(4)10-9-15(2)3)22-14-17-8-7-11-21-18(17)25-13-12-24-5;/h7-8,11,15-16H,6,9-10,12-14H2,1-5H3,(H2,20,22,23);1H. The lowest BCUT2D eigenvalue weighted by Crippen LogP contribution is -2.42. The number of hydrogen-bond acceptors (Lipinski definition) is 4. The molecule has 0 aliphatic carbocycles. The van der Waals surface area contributed by atoms with E-state index in [4.69, 9.17) is 9.47 Å². The van der Waals surface area contributed by atoms with Crippen molar-refractivity contribution in [1.29, 1.82) is 0 Å². The summed E-state index contributed by atoms with van der Waals surface area (Å²) in [7, 11) is 1.65. The number of methoxy groups -OCH3 is 1. The maximum Gasteiger partial charge on any atom is 0.218 e. The van der Waals surface area contributed by atoms with E-state index in [1.165, 1.54) is 6.42 Å². The lowest BCUT2D eigenvalue weighted by Gasteiger charge is -2.18. The minimum Gasteiger partial charge on any atom is -0.475 e. The molecule has 1 aromatic rings. The molecule has 1 aromatic heterocycles. The van der Waals surface area contributed by atoms with Gasteiger partial charge in [0.2, 0.25) is 5.88 Å². The second-order valence-corrected chi connectivity index (χ2v) is 6.52. The highest BCUT2D eigenvalue weighted by Gasteiger charge is 2.08. The van der Waals surface area contributed by atoms with Gasteiger partial charge in [-0.15, -0.1) is 24.0 Å². The van der Waals surface area contributed by atoms with Crippen LogP contribution in [0.25, 0.3) is 0 Å². The molecule has 0 fully saturated rings. The first-order valence-electron chi connectivity index (χ1n) is 9.17. The highest BCUT2D eigenvalue weighted by molar-refractivity contribution is 14.0. The molecule has 0 aromatic carbocycles. The third-order valence-corrected chi connectivity index (χ3v) is 3.69. The summed E-state index contributed by atoms with van der Waals surface area (Å²) in [6.07, 6.45) is 4.06. The van der Waals surface area contributed by atoms with Crippen molar-refractivity contribution in [2.24, 2.45) is 10.9 Å². The fourth-order valence-electron chi connectivity index (χ4n) is 2.27. The van der Waals surface area contributed by atoms with Gasteiger partial charge in [0, 0.05) is 31.5 Å². The lowest BCUT2D eigenvalue weighted by atomic mass is 10.0. The number of halogens is 1. The van der Waals surface area contributed by atoms with E-state index < -0.39 is 0 Å². The molecular weight excluding hydrogens is 443 g/mol. The molecule has 1 heterocycles. The van der Waals surface area contributed by atoms with Crippen molar-refractivity contribution in [3.05, 3.63) is 23.9 Å². The summed E-state index contributed by atoms with van der Waals surface area (Å²) in [6.45, 7) is 11.1. The van der Waals surface area contributed by atoms with Crippen LogP contribution in [0.4, 0.5) is 0 Å². The number of guanidine groups is 1. The first-order chi connectivity index (χ1) is 12.1. The van der Waals surface area contributed by atoms with Gasteiger partial charge in [-0.05, 0) is 38.7 Å². The van der Waals surface area contributed by atoms with Crippen molar-refractivity contribution in [1.82, 2.24) is 15.6 Å². The van der Waals surface area contributed by atoms with Crippen molar-refractivity contribution in [3.8, 4) is 5.88 Å². The second kappa shape index (κ2) is 15.0. The molecule has 0 radical (unpaired) electrons. The Balaban J connectivity index is 0.00000625. The third kappa shape index (κ3) is 10.8. The Kier molecular flexibility index (Phi) is 14.4. The molecule has 0 bridgehead atoms. The van der Waals surface area contributed by atoms with E-state index >= 15 is 0 Å². The van der Waals surface area contributed by atoms with Crippen molar-refractivity contribution in [2.45, 2.75) is 53.1 Å². The van der Waals surface area contributed by atoms with Gasteiger partial charge in [-0.3, -0.25) is 0 Å². The SMILES string of the molecule is CCNC(=NCc1cccnc1OCCOC)NC(C)CCC(C)C.I. The first-order valence-corrected chi connectivity index (χ1v) is 9.17. The first kappa shape index (κ1) is 24.9. The molecule has 6 nitrogen and oxygen atoms in total. The van der Waals surface area contributed by atoms with E-state index in [9.17, 15) is 0 Å². The van der Waals surface area contributed by atoms with Gasteiger partial charge < -0.3 is 20.1 Å². The Morgan fingerprint density at radius 1 is 1.23 bits per heavy atom. The Hall–Kier alpha value is -1.09. The average Bonchev–Trinajstić information content (AvgIpc) is 2.59. The maximum absolute atomic E-state index is 5.67. The average molecular weight is 478 g/mol. The highest BCUT2D eigenvalue weighted by Crippen LogP contribution is 2.15. The fourth-order valence-corrected chi connectivity index (χ4v) is 2.27. The zero-order chi connectivity index (χ0) is 18.5. The van der Waals surface area contributed by atoms with Crippen LogP contribution in [-0.4, -0.2) is 43.9 Å². The predicted molar refractivity (Wildman–Crippen MR) is 119 cm³/mol. The number of ether oxygens (including phenoxy) is 2. The van der Waals surface area contributed by atoms with Gasteiger partial charge in [0.15, 0.2) is 5.96 Å². The summed E-state index contributed by atoms with van der Waals surface area (Å²) in [5.74, 6) is 2.16. The van der Waals surface area contributed by atoms with Crippen LogP contribution in [-0.2, 0) is 11.3 Å². The van der Waals surface area contributed by atoms with Crippen LogP contribution in [0.1, 0.15) is 46.1 Å². The van der Waals surface area contributed by atoms with E-state index in [2.05, 4.69) is 48.3 Å². The molecule has 2 N–H and O–H groups in total. The summed E-state index contributed by atoms with van der Waals surface area (Å²) in [5.41, 5.74) is 0.964. The van der Waals surface area contributed by atoms with Crippen molar-refractivity contribution in [2.75, 3.05) is 26.9 Å². The molecule has 0 aliphatic rings. The molecule has 0 saturated heterocycles. The van der Waals surface area contributed by atoms with Crippen LogP contribution in [0.3, 0.4) is 0 Å². The molecule has 150 valence electrons. The number of aromatic nitrogens is 1. The van der Waals surface area contributed by atoms with Crippen molar-refractivity contribution >= 4 is 29.9 Å². The second-order valence-electron chi connectivity index (χ2n) is 6.52. The minimum atomic E-state index is 0. The van der Waals surface area contributed by atoms with Gasteiger partial charge >= 0.3 is 0 Å². The Labute approximate surface area is 175 Å². The normalized spacial score (nSPS) is 12.5. The smallest absolute Gasteiger partial charge is 0.218 e. The van der Waals surface area contributed by atoms with E-state index in [0.29, 0.717) is 37.6 Å². The molecule has 1 atom stereocenters. The quantitative estimate of drug-likeness (QED) is 0.220. The number of rotatable bonds is 11. The monoisotopic (exact) mass is 478 g/mol. The van der Waals surface area contributed by atoms with Crippen LogP contribution in [0.2, 0.25) is 0 Å². The summed E-state index contributed by atoms with van der Waals surface area (Å²) < 4.78 is 10.7. The highest BCUT2D eigenvalue weighted by atomic mass is 127. The molecule has 0 aliphatic heterocycles. The van der Waals surface area contributed by atoms with E-state index in [0.717, 1.165) is 24.5 Å². The van der Waals surface area contributed by atoms with Crippen LogP contribution in [0.15, 0.2) is 23.3 Å². The molecular formula is C19H35IN4O2. The molecule has 7 heteroatoms. The zero-order valence-corrected chi connectivity index (χ0v) is 19.1. The summed E-state index contributed by atoms with van der Waals surface area (Å²) >= 11 is 0. The largest absolute Gasteiger partial charge is 0.475 e. The number of nitrogens with one attached hydrogen (secondary N) is 2. The van der Waals surface area contributed by atoms with Crippen LogP contribution < -0.4 is 15.4 Å². The molecule has 1 rings (SSSR count). The summed E-state index contributed by atoms with van der Waals surface area (Å²) in [5, 5.41) is 6.77. The van der Waals surface area contributed by atoms with Crippen molar-refractivity contribution in [3.63, 3.8) is 0 Å².